The van der Waals surface area contributed by atoms with Crippen LogP contribution < -0.4 is 0 Å². The van der Waals surface area contributed by atoms with Gasteiger partial charge in [-0.1, -0.05) is 13.8 Å². The van der Waals surface area contributed by atoms with Gasteiger partial charge in [0.05, 0.1) is 41.2 Å². The van der Waals surface area contributed by atoms with E-state index in [0.29, 0.717) is 12.0 Å². The topological polar surface area (TPSA) is 159 Å². The lowest BCUT2D eigenvalue weighted by Gasteiger charge is -2.62. The second kappa shape index (κ2) is 8.32. The first-order chi connectivity index (χ1) is 15.9. The van der Waals surface area contributed by atoms with E-state index in [-0.39, 0.29) is 44.3 Å². The summed E-state index contributed by atoms with van der Waals surface area (Å²) in [5, 5.41) is 77.0. The van der Waals surface area contributed by atoms with Crippen LogP contribution in [0.2, 0.25) is 0 Å². The van der Waals surface area contributed by atoms with Gasteiger partial charge in [0.25, 0.3) is 0 Å². The molecule has 0 radical (unpaired) electrons. The van der Waals surface area contributed by atoms with Crippen molar-refractivity contribution in [1.29, 1.82) is 0 Å². The minimum Gasteiger partial charge on any atom is -0.392 e. The molecule has 0 heterocycles. The molecule has 35 heavy (non-hydrogen) atoms. The summed E-state index contributed by atoms with van der Waals surface area (Å²) in [5.41, 5.74) is -5.42. The molecular weight excluding hydrogens is 452 g/mol. The van der Waals surface area contributed by atoms with Crippen molar-refractivity contribution in [2.75, 3.05) is 0 Å². The number of carbonyl (C=O) groups excluding carboxylic acids is 1. The summed E-state index contributed by atoms with van der Waals surface area (Å²) >= 11 is 0. The van der Waals surface area contributed by atoms with Gasteiger partial charge in [0.15, 0.2) is 5.78 Å². The number of hydrogen-bond donors (Lipinski definition) is 7. The fourth-order valence-electron chi connectivity index (χ4n) is 8.44. The molecule has 4 rings (SSSR count). The van der Waals surface area contributed by atoms with Gasteiger partial charge in [0.2, 0.25) is 0 Å². The Morgan fingerprint density at radius 2 is 1.69 bits per heavy atom. The lowest BCUT2D eigenvalue weighted by atomic mass is 9.45. The highest BCUT2D eigenvalue weighted by Crippen LogP contribution is 2.68. The molecule has 0 spiro atoms. The minimum absolute atomic E-state index is 0.115. The number of fused-ring (bicyclic) bond motifs is 5. The van der Waals surface area contributed by atoms with Crippen molar-refractivity contribution in [3.63, 3.8) is 0 Å². The molecular formula is C27H44O8. The van der Waals surface area contributed by atoms with E-state index in [4.69, 9.17) is 0 Å². The van der Waals surface area contributed by atoms with Gasteiger partial charge in [-0.3, -0.25) is 4.79 Å². The number of carbonyl (C=O) groups is 1. The van der Waals surface area contributed by atoms with Crippen LogP contribution in [0.5, 0.6) is 0 Å². The van der Waals surface area contributed by atoms with Crippen molar-refractivity contribution in [1.82, 2.24) is 0 Å². The Balaban J connectivity index is 1.71. The van der Waals surface area contributed by atoms with Gasteiger partial charge >= 0.3 is 0 Å². The monoisotopic (exact) mass is 496 g/mol. The highest BCUT2D eigenvalue weighted by molar-refractivity contribution is 5.95. The first-order valence-electron chi connectivity index (χ1n) is 13.0. The fraction of sp³-hybridized carbons (Fsp3) is 0.889. The first kappa shape index (κ1) is 27.2. The van der Waals surface area contributed by atoms with E-state index < -0.39 is 69.8 Å². The third kappa shape index (κ3) is 3.95. The maximum absolute atomic E-state index is 13.3. The third-order valence-electron chi connectivity index (χ3n) is 10.5. The van der Waals surface area contributed by atoms with Crippen LogP contribution in [0.15, 0.2) is 11.6 Å². The number of hydrogen-bond acceptors (Lipinski definition) is 8. The first-order valence-corrected chi connectivity index (χ1v) is 13.0. The van der Waals surface area contributed by atoms with Gasteiger partial charge in [-0.2, -0.15) is 0 Å². The fourth-order valence-corrected chi connectivity index (χ4v) is 8.44. The summed E-state index contributed by atoms with van der Waals surface area (Å²) in [6.07, 6.45) is -1.08. The standard InChI is InChI=1S/C27H44O8/c1-23(2,33)8-7-21(32)26(5,34)20-6-9-27(35)15-11-16(28)14-10-17(29)18(30)12-24(14,3)22(15)19(31)13-25(20,27)4/h11,14,17-22,29-35H,6-10,12-13H2,1-5H3/t14-,17+,18-,19+,20?,21+,22+,24-,25+,26+,27+/m0/s1. The van der Waals surface area contributed by atoms with Crippen molar-refractivity contribution in [3.05, 3.63) is 11.6 Å². The Hall–Kier alpha value is -0.870. The molecule has 200 valence electrons. The highest BCUT2D eigenvalue weighted by Gasteiger charge is 2.71. The van der Waals surface area contributed by atoms with Crippen LogP contribution in [0.3, 0.4) is 0 Å². The second-order valence-electron chi connectivity index (χ2n) is 13.3. The van der Waals surface area contributed by atoms with Gasteiger partial charge < -0.3 is 35.7 Å². The molecule has 1 unspecified atom stereocenters. The Morgan fingerprint density at radius 1 is 1.06 bits per heavy atom. The molecule has 4 aliphatic carbocycles. The van der Waals surface area contributed by atoms with E-state index >= 15 is 0 Å². The lowest BCUT2D eigenvalue weighted by Crippen LogP contribution is -2.66. The van der Waals surface area contributed by atoms with Crippen molar-refractivity contribution in [3.8, 4) is 0 Å². The Kier molecular flexibility index (Phi) is 6.46. The van der Waals surface area contributed by atoms with E-state index in [1.807, 2.05) is 13.8 Å². The maximum atomic E-state index is 13.3. The summed E-state index contributed by atoms with van der Waals surface area (Å²) in [6, 6.07) is 0. The highest BCUT2D eigenvalue weighted by atomic mass is 16.3. The number of allylic oxidation sites excluding steroid dienone is 1. The summed E-state index contributed by atoms with van der Waals surface area (Å²) in [5.74, 6) is -1.89. The molecule has 11 atom stereocenters. The van der Waals surface area contributed by atoms with E-state index in [1.165, 1.54) is 6.08 Å². The summed E-state index contributed by atoms with van der Waals surface area (Å²) in [4.78, 5) is 13.3. The molecule has 0 aromatic heterocycles. The molecule has 0 bridgehead atoms. The predicted octanol–water partition coefficient (Wildman–Crippen LogP) is 0.825. The van der Waals surface area contributed by atoms with Crippen LogP contribution in [0.4, 0.5) is 0 Å². The van der Waals surface area contributed by atoms with Crippen molar-refractivity contribution >= 4 is 5.78 Å². The molecule has 0 saturated heterocycles. The van der Waals surface area contributed by atoms with Crippen molar-refractivity contribution in [2.45, 2.75) is 121 Å². The van der Waals surface area contributed by atoms with Crippen LogP contribution in [0.1, 0.15) is 79.6 Å². The van der Waals surface area contributed by atoms with Crippen molar-refractivity contribution in [2.24, 2.45) is 28.6 Å². The largest absolute Gasteiger partial charge is 0.392 e. The molecule has 0 amide bonds. The Morgan fingerprint density at radius 3 is 2.29 bits per heavy atom. The second-order valence-corrected chi connectivity index (χ2v) is 13.3. The molecule has 0 aliphatic heterocycles. The Bertz CT molecular complexity index is 892. The quantitative estimate of drug-likeness (QED) is 0.295. The van der Waals surface area contributed by atoms with Crippen LogP contribution in [-0.2, 0) is 4.79 Å². The molecule has 7 N–H and O–H groups in total. The molecule has 8 nitrogen and oxygen atoms in total. The molecule has 8 heteroatoms. The number of ketones is 1. The molecule has 0 aromatic carbocycles. The Labute approximate surface area is 207 Å². The number of rotatable bonds is 5. The smallest absolute Gasteiger partial charge is 0.159 e. The van der Waals surface area contributed by atoms with Gasteiger partial charge in [-0.25, -0.2) is 0 Å². The summed E-state index contributed by atoms with van der Waals surface area (Å²) in [6.45, 7) is 8.52. The van der Waals surface area contributed by atoms with E-state index in [0.717, 1.165) is 0 Å². The maximum Gasteiger partial charge on any atom is 0.159 e. The molecule has 3 saturated carbocycles. The minimum atomic E-state index is -1.59. The van der Waals surface area contributed by atoms with Gasteiger partial charge in [-0.15, -0.1) is 0 Å². The molecule has 3 fully saturated rings. The van der Waals surface area contributed by atoms with E-state index in [2.05, 4.69) is 0 Å². The zero-order valence-corrected chi connectivity index (χ0v) is 21.6. The number of aliphatic hydroxyl groups is 7. The van der Waals surface area contributed by atoms with Crippen molar-refractivity contribution < 1.29 is 40.5 Å². The normalized spacial score (nSPS) is 48.3. The average molecular weight is 497 g/mol. The van der Waals surface area contributed by atoms with Crippen LogP contribution in [-0.4, -0.2) is 82.7 Å². The summed E-state index contributed by atoms with van der Waals surface area (Å²) < 4.78 is 0. The zero-order chi connectivity index (χ0) is 26.4. The SMILES string of the molecule is CC(C)(O)CC[C@@H](O)[C@](C)(O)C1CC[C@@]2(O)C3=CC(=O)[C@@H]4C[C@@H](O)[C@@H](O)C[C@]4(C)[C@H]3[C@H](O)C[C@]12C. The van der Waals surface area contributed by atoms with Crippen LogP contribution >= 0.6 is 0 Å². The van der Waals surface area contributed by atoms with Crippen LogP contribution in [0, 0.1) is 28.6 Å². The molecule has 4 aliphatic rings. The summed E-state index contributed by atoms with van der Waals surface area (Å²) in [7, 11) is 0. The van der Waals surface area contributed by atoms with E-state index in [1.54, 1.807) is 20.8 Å². The van der Waals surface area contributed by atoms with Gasteiger partial charge in [-0.05, 0) is 88.7 Å². The lowest BCUT2D eigenvalue weighted by molar-refractivity contribution is -0.197. The van der Waals surface area contributed by atoms with E-state index in [9.17, 15) is 40.5 Å². The molecule has 0 aromatic rings. The third-order valence-corrected chi connectivity index (χ3v) is 10.5. The van der Waals surface area contributed by atoms with Crippen LogP contribution in [0.25, 0.3) is 0 Å². The number of aliphatic hydroxyl groups excluding tert-OH is 4. The van der Waals surface area contributed by atoms with Gasteiger partial charge in [0.1, 0.15) is 0 Å². The van der Waals surface area contributed by atoms with Gasteiger partial charge in [0, 0.05) is 17.3 Å². The average Bonchev–Trinajstić information content (AvgIpc) is 2.99. The predicted molar refractivity (Wildman–Crippen MR) is 128 cm³/mol. The zero-order valence-electron chi connectivity index (χ0n) is 21.6.